The molecule has 1 atom stereocenters. The maximum atomic E-state index is 13.2. The number of carbonyl (C=O) groups is 1. The molecular weight excluding hydrogens is 237 g/mol. The van der Waals surface area contributed by atoms with Gasteiger partial charge in [0.1, 0.15) is 11.6 Å². The first-order chi connectivity index (χ1) is 8.58. The van der Waals surface area contributed by atoms with Crippen molar-refractivity contribution < 1.29 is 18.7 Å². The van der Waals surface area contributed by atoms with E-state index in [1.807, 2.05) is 14.0 Å². The standard InChI is InChI=1S/C13H18FNO3/c1-9(15-2)11-5-4-10(14)8-12(11)18-7-6-13(16)17-3/h4-5,8-9,15H,6-7H2,1-3H3. The molecule has 0 fully saturated rings. The third-order valence-corrected chi connectivity index (χ3v) is 2.67. The van der Waals surface area contributed by atoms with E-state index in [-0.39, 0.29) is 30.9 Å². The number of esters is 1. The van der Waals surface area contributed by atoms with E-state index in [9.17, 15) is 9.18 Å². The topological polar surface area (TPSA) is 47.6 Å². The molecule has 0 aliphatic rings. The van der Waals surface area contributed by atoms with Gasteiger partial charge in [-0.05, 0) is 20.0 Å². The molecular formula is C13H18FNO3. The van der Waals surface area contributed by atoms with Gasteiger partial charge in [0.2, 0.25) is 0 Å². The minimum atomic E-state index is -0.366. The zero-order valence-electron chi connectivity index (χ0n) is 10.8. The molecule has 4 nitrogen and oxygen atoms in total. The third-order valence-electron chi connectivity index (χ3n) is 2.67. The predicted molar refractivity (Wildman–Crippen MR) is 66.0 cm³/mol. The Morgan fingerprint density at radius 2 is 2.22 bits per heavy atom. The summed E-state index contributed by atoms with van der Waals surface area (Å²) < 4.78 is 23.1. The summed E-state index contributed by atoms with van der Waals surface area (Å²) in [5.74, 6) is -0.273. The minimum Gasteiger partial charge on any atom is -0.493 e. The molecule has 0 saturated heterocycles. The Labute approximate surface area is 106 Å². The molecule has 0 amide bonds. The molecule has 0 heterocycles. The van der Waals surface area contributed by atoms with Crippen molar-refractivity contribution >= 4 is 5.97 Å². The van der Waals surface area contributed by atoms with E-state index in [4.69, 9.17) is 4.74 Å². The second-order valence-electron chi connectivity index (χ2n) is 3.87. The molecule has 0 spiro atoms. The number of methoxy groups -OCH3 is 1. The van der Waals surface area contributed by atoms with Crippen LogP contribution in [0.5, 0.6) is 5.75 Å². The quantitative estimate of drug-likeness (QED) is 0.790. The Balaban J connectivity index is 2.73. The summed E-state index contributed by atoms with van der Waals surface area (Å²) in [5.41, 5.74) is 0.851. The summed E-state index contributed by atoms with van der Waals surface area (Å²) in [6, 6.07) is 4.42. The van der Waals surface area contributed by atoms with Gasteiger partial charge in [-0.15, -0.1) is 0 Å². The van der Waals surface area contributed by atoms with Gasteiger partial charge in [0.25, 0.3) is 0 Å². The average molecular weight is 255 g/mol. The number of halogens is 1. The molecule has 0 aromatic heterocycles. The van der Waals surface area contributed by atoms with Crippen LogP contribution in [-0.2, 0) is 9.53 Å². The lowest BCUT2D eigenvalue weighted by atomic mass is 10.1. The first-order valence-corrected chi connectivity index (χ1v) is 5.74. The van der Waals surface area contributed by atoms with Gasteiger partial charge >= 0.3 is 5.97 Å². The van der Waals surface area contributed by atoms with Crippen molar-refractivity contribution in [2.45, 2.75) is 19.4 Å². The number of rotatable bonds is 6. The molecule has 0 aliphatic heterocycles. The van der Waals surface area contributed by atoms with Crippen molar-refractivity contribution in [1.82, 2.24) is 5.32 Å². The van der Waals surface area contributed by atoms with Gasteiger partial charge in [-0.1, -0.05) is 6.07 Å². The molecule has 1 aromatic carbocycles. The van der Waals surface area contributed by atoms with Crippen LogP contribution in [0.4, 0.5) is 4.39 Å². The van der Waals surface area contributed by atoms with Crippen molar-refractivity contribution in [2.24, 2.45) is 0 Å². The Bertz CT molecular complexity index is 409. The smallest absolute Gasteiger partial charge is 0.308 e. The molecule has 1 unspecified atom stereocenters. The number of hydrogen-bond donors (Lipinski definition) is 1. The molecule has 1 N–H and O–H groups in total. The van der Waals surface area contributed by atoms with Crippen LogP contribution in [0.25, 0.3) is 0 Å². The highest BCUT2D eigenvalue weighted by atomic mass is 19.1. The van der Waals surface area contributed by atoms with Gasteiger partial charge in [-0.3, -0.25) is 4.79 Å². The van der Waals surface area contributed by atoms with Crippen LogP contribution in [-0.4, -0.2) is 26.7 Å². The van der Waals surface area contributed by atoms with Gasteiger partial charge in [-0.25, -0.2) is 4.39 Å². The van der Waals surface area contributed by atoms with Gasteiger partial charge in [0, 0.05) is 17.7 Å². The number of hydrogen-bond acceptors (Lipinski definition) is 4. The van der Waals surface area contributed by atoms with Crippen molar-refractivity contribution in [3.8, 4) is 5.75 Å². The fourth-order valence-electron chi connectivity index (χ4n) is 1.49. The maximum Gasteiger partial charge on any atom is 0.308 e. The lowest BCUT2D eigenvalue weighted by molar-refractivity contribution is -0.141. The predicted octanol–water partition coefficient (Wildman–Crippen LogP) is 2.05. The Morgan fingerprint density at radius 3 is 2.83 bits per heavy atom. The number of carbonyl (C=O) groups excluding carboxylic acids is 1. The highest BCUT2D eigenvalue weighted by Gasteiger charge is 2.11. The van der Waals surface area contributed by atoms with Crippen LogP contribution in [0, 0.1) is 5.82 Å². The van der Waals surface area contributed by atoms with Crippen molar-refractivity contribution in [3.05, 3.63) is 29.6 Å². The fourth-order valence-corrected chi connectivity index (χ4v) is 1.49. The van der Waals surface area contributed by atoms with E-state index >= 15 is 0 Å². The highest BCUT2D eigenvalue weighted by Crippen LogP contribution is 2.26. The minimum absolute atomic E-state index is 0.0405. The summed E-state index contributed by atoms with van der Waals surface area (Å²) in [6.45, 7) is 2.11. The molecule has 18 heavy (non-hydrogen) atoms. The van der Waals surface area contributed by atoms with Gasteiger partial charge in [0.05, 0.1) is 20.1 Å². The molecule has 0 radical (unpaired) electrons. The average Bonchev–Trinajstić information content (AvgIpc) is 2.37. The lowest BCUT2D eigenvalue weighted by Gasteiger charge is -2.16. The summed E-state index contributed by atoms with van der Waals surface area (Å²) >= 11 is 0. The SMILES string of the molecule is CNC(C)c1ccc(F)cc1OCCC(=O)OC. The normalized spacial score (nSPS) is 12.0. The summed E-state index contributed by atoms with van der Waals surface area (Å²) in [4.78, 5) is 11.0. The van der Waals surface area contributed by atoms with E-state index in [0.717, 1.165) is 5.56 Å². The zero-order valence-corrected chi connectivity index (χ0v) is 10.8. The van der Waals surface area contributed by atoms with Crippen LogP contribution < -0.4 is 10.1 Å². The van der Waals surface area contributed by atoms with Crippen LogP contribution in [0.3, 0.4) is 0 Å². The molecule has 5 heteroatoms. The maximum absolute atomic E-state index is 13.2. The van der Waals surface area contributed by atoms with Crippen LogP contribution in [0.2, 0.25) is 0 Å². The number of ether oxygens (including phenoxy) is 2. The summed E-state index contributed by atoms with van der Waals surface area (Å²) in [7, 11) is 3.13. The highest BCUT2D eigenvalue weighted by molar-refractivity contribution is 5.69. The van der Waals surface area contributed by atoms with Gasteiger partial charge in [-0.2, -0.15) is 0 Å². The van der Waals surface area contributed by atoms with Crippen LogP contribution in [0.15, 0.2) is 18.2 Å². The Hall–Kier alpha value is -1.62. The molecule has 100 valence electrons. The molecule has 0 bridgehead atoms. The van der Waals surface area contributed by atoms with Crippen LogP contribution in [0.1, 0.15) is 24.9 Å². The molecule has 0 saturated carbocycles. The van der Waals surface area contributed by atoms with Crippen molar-refractivity contribution in [3.63, 3.8) is 0 Å². The van der Waals surface area contributed by atoms with Gasteiger partial charge in [0.15, 0.2) is 0 Å². The number of benzene rings is 1. The Morgan fingerprint density at radius 1 is 1.50 bits per heavy atom. The van der Waals surface area contributed by atoms with Crippen LogP contribution >= 0.6 is 0 Å². The largest absolute Gasteiger partial charge is 0.493 e. The van der Waals surface area contributed by atoms with Crippen molar-refractivity contribution in [1.29, 1.82) is 0 Å². The monoisotopic (exact) mass is 255 g/mol. The van der Waals surface area contributed by atoms with Crippen molar-refractivity contribution in [2.75, 3.05) is 20.8 Å². The molecule has 1 aromatic rings. The fraction of sp³-hybridized carbons (Fsp3) is 0.462. The van der Waals surface area contributed by atoms with Gasteiger partial charge < -0.3 is 14.8 Å². The lowest BCUT2D eigenvalue weighted by Crippen LogP contribution is -2.15. The Kier molecular flexibility index (Phi) is 5.58. The first-order valence-electron chi connectivity index (χ1n) is 5.74. The number of nitrogens with one attached hydrogen (secondary N) is 1. The summed E-state index contributed by atoms with van der Waals surface area (Å²) in [6.07, 6.45) is 0.139. The molecule has 1 rings (SSSR count). The molecule has 0 aliphatic carbocycles. The first kappa shape index (κ1) is 14.4. The van der Waals surface area contributed by atoms with E-state index < -0.39 is 0 Å². The second kappa shape index (κ2) is 6.96. The second-order valence-corrected chi connectivity index (χ2v) is 3.87. The van der Waals surface area contributed by atoms with E-state index in [1.54, 1.807) is 6.07 Å². The summed E-state index contributed by atoms with van der Waals surface area (Å²) in [5, 5.41) is 3.06. The zero-order chi connectivity index (χ0) is 13.5. The van der Waals surface area contributed by atoms with E-state index in [0.29, 0.717) is 5.75 Å². The van der Waals surface area contributed by atoms with E-state index in [2.05, 4.69) is 10.1 Å². The van der Waals surface area contributed by atoms with E-state index in [1.165, 1.54) is 19.2 Å². The third kappa shape index (κ3) is 4.00.